The van der Waals surface area contributed by atoms with Crippen LogP contribution in [-0.2, 0) is 9.59 Å². The number of carbonyl (C=O) groups is 2. The minimum Gasteiger partial charge on any atom is -0.379 e. The Kier molecular flexibility index (Phi) is 6.73. The van der Waals surface area contributed by atoms with Gasteiger partial charge in [0.15, 0.2) is 12.2 Å². The van der Waals surface area contributed by atoms with Crippen LogP contribution in [0.5, 0.6) is 0 Å². The molecule has 0 radical (unpaired) electrons. The molecule has 2 unspecified atom stereocenters. The molecular formula is C18H14F6N2O4. The fourth-order valence-corrected chi connectivity index (χ4v) is 2.25. The quantitative estimate of drug-likeness (QED) is 0.436. The highest BCUT2D eigenvalue weighted by molar-refractivity contribution is 6.43. The van der Waals surface area contributed by atoms with Crippen molar-refractivity contribution in [3.63, 3.8) is 0 Å². The summed E-state index contributed by atoms with van der Waals surface area (Å²) in [5.74, 6) is -2.39. The Hall–Kier alpha value is -3.12. The van der Waals surface area contributed by atoms with Crippen molar-refractivity contribution in [3.8, 4) is 0 Å². The first kappa shape index (κ1) is 23.2. The van der Waals surface area contributed by atoms with Crippen molar-refractivity contribution >= 4 is 23.2 Å². The van der Waals surface area contributed by atoms with Gasteiger partial charge in [-0.3, -0.25) is 9.59 Å². The van der Waals surface area contributed by atoms with E-state index in [9.17, 15) is 35.9 Å². The van der Waals surface area contributed by atoms with Gasteiger partial charge in [0.05, 0.1) is 0 Å². The lowest BCUT2D eigenvalue weighted by molar-refractivity contribution is -0.207. The van der Waals surface area contributed by atoms with Gasteiger partial charge in [-0.25, -0.2) is 0 Å². The Morgan fingerprint density at radius 3 is 1.13 bits per heavy atom. The molecule has 0 fully saturated rings. The minimum absolute atomic E-state index is 0.0306. The minimum atomic E-state index is -4.86. The summed E-state index contributed by atoms with van der Waals surface area (Å²) in [5.41, 5.74) is -0.994. The van der Waals surface area contributed by atoms with Gasteiger partial charge in [0.25, 0.3) is 0 Å². The van der Waals surface area contributed by atoms with Crippen LogP contribution in [-0.4, -0.2) is 34.4 Å². The summed E-state index contributed by atoms with van der Waals surface area (Å²) >= 11 is 0. The maximum Gasteiger partial charge on any atom is 0.418 e. The first-order valence-corrected chi connectivity index (χ1v) is 8.11. The third kappa shape index (κ3) is 5.94. The van der Waals surface area contributed by atoms with E-state index in [0.717, 1.165) is 48.5 Å². The van der Waals surface area contributed by atoms with E-state index in [4.69, 9.17) is 10.2 Å². The number of aliphatic hydroxyl groups is 2. The molecule has 2 atom stereocenters. The van der Waals surface area contributed by atoms with Gasteiger partial charge in [-0.2, -0.15) is 26.3 Å². The Morgan fingerprint density at radius 1 is 0.633 bits per heavy atom. The third-order valence-corrected chi connectivity index (χ3v) is 3.79. The molecule has 0 heterocycles. The number of amides is 2. The van der Waals surface area contributed by atoms with Gasteiger partial charge >= 0.3 is 24.2 Å². The van der Waals surface area contributed by atoms with Crippen LogP contribution in [0, 0.1) is 0 Å². The standard InChI is InChI=1S/C18H14F6N2O4/c19-17(20,21)13(27)9-1-5-11(6-2-9)25-15(29)16(30)26-12-7-3-10(4-8-12)14(28)18(22,23)24/h1-8,13-14,27-28H,(H,25,29)(H,26,30). The van der Waals surface area contributed by atoms with Crippen molar-refractivity contribution in [2.24, 2.45) is 0 Å². The average Bonchev–Trinajstić information content (AvgIpc) is 2.66. The van der Waals surface area contributed by atoms with Crippen molar-refractivity contribution in [1.29, 1.82) is 0 Å². The number of aliphatic hydroxyl groups excluding tert-OH is 2. The molecule has 6 nitrogen and oxygen atoms in total. The monoisotopic (exact) mass is 436 g/mol. The SMILES string of the molecule is O=C(Nc1ccc(C(O)C(F)(F)F)cc1)C(=O)Nc1ccc(C(O)C(F)(F)F)cc1. The number of carbonyl (C=O) groups excluding carboxylic acids is 2. The third-order valence-electron chi connectivity index (χ3n) is 3.79. The first-order valence-electron chi connectivity index (χ1n) is 8.11. The molecule has 2 aromatic rings. The van der Waals surface area contributed by atoms with Crippen molar-refractivity contribution in [1.82, 2.24) is 0 Å². The maximum absolute atomic E-state index is 12.4. The van der Waals surface area contributed by atoms with Crippen LogP contribution >= 0.6 is 0 Å². The molecule has 0 aromatic heterocycles. The normalized spacial score (nSPS) is 14.0. The van der Waals surface area contributed by atoms with Crippen LogP contribution in [0.15, 0.2) is 48.5 Å². The molecule has 4 N–H and O–H groups in total. The topological polar surface area (TPSA) is 98.7 Å². The summed E-state index contributed by atoms with van der Waals surface area (Å²) in [6, 6.07) is 7.83. The molecule has 0 saturated carbocycles. The second-order valence-electron chi connectivity index (χ2n) is 6.04. The highest BCUT2D eigenvalue weighted by atomic mass is 19.4. The van der Waals surface area contributed by atoms with Crippen molar-refractivity contribution in [2.75, 3.05) is 10.6 Å². The predicted molar refractivity (Wildman–Crippen MR) is 92.2 cm³/mol. The average molecular weight is 436 g/mol. The molecule has 0 spiro atoms. The summed E-state index contributed by atoms with van der Waals surface area (Å²) in [4.78, 5) is 23.7. The Bertz CT molecular complexity index is 819. The summed E-state index contributed by atoms with van der Waals surface area (Å²) in [6.45, 7) is 0. The molecule has 0 aliphatic rings. The number of alkyl halides is 6. The van der Waals surface area contributed by atoms with E-state index in [1.165, 1.54) is 0 Å². The lowest BCUT2D eigenvalue weighted by Crippen LogP contribution is -2.29. The van der Waals surface area contributed by atoms with Crippen molar-refractivity contribution < 1.29 is 46.1 Å². The Labute approximate surface area is 165 Å². The first-order chi connectivity index (χ1) is 13.8. The fourth-order valence-electron chi connectivity index (χ4n) is 2.25. The van der Waals surface area contributed by atoms with Gasteiger partial charge in [0, 0.05) is 11.4 Å². The molecule has 0 aliphatic heterocycles. The number of benzene rings is 2. The largest absolute Gasteiger partial charge is 0.418 e. The zero-order valence-corrected chi connectivity index (χ0v) is 14.8. The number of rotatable bonds is 4. The lowest BCUT2D eigenvalue weighted by Gasteiger charge is -2.15. The molecule has 0 saturated heterocycles. The summed E-state index contributed by atoms with van der Waals surface area (Å²) in [5, 5.41) is 22.5. The van der Waals surface area contributed by atoms with Crippen LogP contribution in [0.3, 0.4) is 0 Å². The number of hydrogen-bond donors (Lipinski definition) is 4. The fraction of sp³-hybridized carbons (Fsp3) is 0.222. The highest BCUT2D eigenvalue weighted by Gasteiger charge is 2.40. The predicted octanol–water partition coefficient (Wildman–Crippen LogP) is 3.46. The van der Waals surface area contributed by atoms with E-state index in [1.54, 1.807) is 0 Å². The van der Waals surface area contributed by atoms with Gasteiger partial charge in [0.1, 0.15) is 0 Å². The smallest absolute Gasteiger partial charge is 0.379 e. The molecule has 0 aliphatic carbocycles. The van der Waals surface area contributed by atoms with Gasteiger partial charge in [-0.1, -0.05) is 24.3 Å². The van der Waals surface area contributed by atoms with Crippen molar-refractivity contribution in [2.45, 2.75) is 24.6 Å². The van der Waals surface area contributed by atoms with E-state index in [-0.39, 0.29) is 11.4 Å². The Morgan fingerprint density at radius 2 is 0.900 bits per heavy atom. The van der Waals surface area contributed by atoms with E-state index in [0.29, 0.717) is 0 Å². The van der Waals surface area contributed by atoms with Crippen LogP contribution in [0.2, 0.25) is 0 Å². The van der Waals surface area contributed by atoms with Gasteiger partial charge in [-0.15, -0.1) is 0 Å². The maximum atomic E-state index is 12.4. The molecule has 2 amide bonds. The number of nitrogens with one attached hydrogen (secondary N) is 2. The second-order valence-corrected chi connectivity index (χ2v) is 6.04. The number of hydrogen-bond acceptors (Lipinski definition) is 4. The van der Waals surface area contributed by atoms with Crippen LogP contribution in [0.25, 0.3) is 0 Å². The van der Waals surface area contributed by atoms with Crippen LogP contribution in [0.4, 0.5) is 37.7 Å². The van der Waals surface area contributed by atoms with E-state index < -0.39 is 47.5 Å². The Balaban J connectivity index is 1.97. The summed E-state index contributed by atoms with van der Waals surface area (Å²) in [7, 11) is 0. The molecule has 12 heteroatoms. The molecule has 0 bridgehead atoms. The van der Waals surface area contributed by atoms with Gasteiger partial charge in [0.2, 0.25) is 0 Å². The number of halogens is 6. The van der Waals surface area contributed by atoms with E-state index in [1.807, 2.05) is 0 Å². The molecule has 2 rings (SSSR count). The summed E-state index contributed by atoms with van der Waals surface area (Å²) in [6.07, 6.45) is -15.1. The molecule has 2 aromatic carbocycles. The molecule has 162 valence electrons. The molecular weight excluding hydrogens is 422 g/mol. The van der Waals surface area contributed by atoms with Gasteiger partial charge in [-0.05, 0) is 35.4 Å². The zero-order valence-electron chi connectivity index (χ0n) is 14.8. The van der Waals surface area contributed by atoms with Gasteiger partial charge < -0.3 is 20.8 Å². The highest BCUT2D eigenvalue weighted by Crippen LogP contribution is 2.33. The zero-order chi connectivity index (χ0) is 22.7. The summed E-state index contributed by atoms with van der Waals surface area (Å²) < 4.78 is 74.7. The molecule has 30 heavy (non-hydrogen) atoms. The van der Waals surface area contributed by atoms with Crippen molar-refractivity contribution in [3.05, 3.63) is 59.7 Å². The van der Waals surface area contributed by atoms with E-state index >= 15 is 0 Å². The van der Waals surface area contributed by atoms with E-state index in [2.05, 4.69) is 10.6 Å². The number of anilines is 2. The second kappa shape index (κ2) is 8.71. The van der Waals surface area contributed by atoms with Crippen LogP contribution < -0.4 is 10.6 Å². The van der Waals surface area contributed by atoms with Crippen LogP contribution in [0.1, 0.15) is 23.3 Å². The lowest BCUT2D eigenvalue weighted by atomic mass is 10.1.